The van der Waals surface area contributed by atoms with Crippen molar-refractivity contribution < 1.29 is 22.7 Å². The van der Waals surface area contributed by atoms with Gasteiger partial charge >= 0.3 is 0 Å². The summed E-state index contributed by atoms with van der Waals surface area (Å²) in [5.74, 6) is 0.722. The molecule has 146 valence electrons. The highest BCUT2D eigenvalue weighted by Gasteiger charge is 2.22. The highest BCUT2D eigenvalue weighted by atomic mass is 35.5. The Labute approximate surface area is 163 Å². The van der Waals surface area contributed by atoms with E-state index in [-0.39, 0.29) is 11.4 Å². The Hall–Kier alpha value is -2.29. The van der Waals surface area contributed by atoms with Crippen LogP contribution in [0.4, 0.5) is 0 Å². The van der Waals surface area contributed by atoms with Crippen molar-refractivity contribution >= 4 is 27.5 Å². The lowest BCUT2D eigenvalue weighted by atomic mass is 10.2. The van der Waals surface area contributed by atoms with Gasteiger partial charge in [0.25, 0.3) is 0 Å². The van der Waals surface area contributed by atoms with Crippen molar-refractivity contribution in [2.24, 2.45) is 0 Å². The minimum absolute atomic E-state index is 0.0316. The van der Waals surface area contributed by atoms with Gasteiger partial charge in [-0.1, -0.05) is 11.6 Å². The first-order valence-corrected chi connectivity index (χ1v) is 9.89. The van der Waals surface area contributed by atoms with Crippen molar-refractivity contribution in [2.45, 2.75) is 24.4 Å². The molecule has 2 rings (SSSR count). The molecule has 9 heteroatoms. The molecule has 2 aromatic rings. The second-order valence-corrected chi connectivity index (χ2v) is 7.89. The monoisotopic (exact) mass is 412 g/mol. The zero-order valence-corrected chi connectivity index (χ0v) is 16.7. The van der Waals surface area contributed by atoms with Crippen molar-refractivity contribution in [1.82, 2.24) is 10.0 Å². The molecule has 0 radical (unpaired) electrons. The van der Waals surface area contributed by atoms with E-state index in [1.165, 1.54) is 45.4 Å². The van der Waals surface area contributed by atoms with E-state index in [2.05, 4.69) is 10.0 Å². The van der Waals surface area contributed by atoms with Gasteiger partial charge in [0.2, 0.25) is 15.9 Å². The van der Waals surface area contributed by atoms with Gasteiger partial charge in [-0.2, -0.15) is 4.72 Å². The molecule has 0 bridgehead atoms. The zero-order valence-electron chi connectivity index (χ0n) is 15.2. The number of carbonyl (C=O) groups is 1. The number of methoxy groups -OCH3 is 2. The number of ether oxygens (including phenoxy) is 2. The third-order valence-electron chi connectivity index (χ3n) is 3.73. The molecule has 0 aromatic heterocycles. The Morgan fingerprint density at radius 2 is 1.63 bits per heavy atom. The molecule has 27 heavy (non-hydrogen) atoms. The molecular formula is C18H21ClN2O5S. The summed E-state index contributed by atoms with van der Waals surface area (Å²) < 4.78 is 37.4. The summed E-state index contributed by atoms with van der Waals surface area (Å²) in [5.41, 5.74) is 0.757. The number of hydrogen-bond acceptors (Lipinski definition) is 5. The number of carbonyl (C=O) groups excluding carboxylic acids is 1. The first kappa shape index (κ1) is 21.0. The second-order valence-electron chi connectivity index (χ2n) is 5.74. The molecule has 0 spiro atoms. The molecule has 0 heterocycles. The van der Waals surface area contributed by atoms with Gasteiger partial charge in [-0.05, 0) is 48.9 Å². The summed E-state index contributed by atoms with van der Waals surface area (Å²) in [6.07, 6.45) is 0. The quantitative estimate of drug-likeness (QED) is 0.694. The van der Waals surface area contributed by atoms with Crippen LogP contribution in [0.1, 0.15) is 12.5 Å². The number of halogens is 1. The Balaban J connectivity index is 2.00. The Morgan fingerprint density at radius 1 is 1.07 bits per heavy atom. The van der Waals surface area contributed by atoms with E-state index < -0.39 is 22.0 Å². The maximum Gasteiger partial charge on any atom is 0.241 e. The van der Waals surface area contributed by atoms with Gasteiger partial charge in [-0.25, -0.2) is 8.42 Å². The van der Waals surface area contributed by atoms with Crippen molar-refractivity contribution in [1.29, 1.82) is 0 Å². The Kier molecular flexibility index (Phi) is 7.06. The van der Waals surface area contributed by atoms with Crippen LogP contribution in [-0.4, -0.2) is 34.6 Å². The first-order valence-electron chi connectivity index (χ1n) is 8.02. The van der Waals surface area contributed by atoms with Crippen LogP contribution in [0.15, 0.2) is 47.4 Å². The standard InChI is InChI=1S/C18H21ClN2O5S/c1-12(21-27(23,24)17-6-4-14(19)5-7-17)18(22)20-11-13-8-15(25-2)10-16(9-13)26-3/h4-10,12,21H,11H2,1-3H3,(H,20,22)/t12-/m0/s1. The van der Waals surface area contributed by atoms with Gasteiger partial charge in [0, 0.05) is 17.6 Å². The highest BCUT2D eigenvalue weighted by Crippen LogP contribution is 2.22. The Morgan fingerprint density at radius 3 is 2.15 bits per heavy atom. The van der Waals surface area contributed by atoms with Crippen LogP contribution in [0.25, 0.3) is 0 Å². The lowest BCUT2D eigenvalue weighted by Gasteiger charge is -2.15. The van der Waals surface area contributed by atoms with Gasteiger partial charge in [-0.15, -0.1) is 0 Å². The van der Waals surface area contributed by atoms with Gasteiger partial charge in [0.05, 0.1) is 25.2 Å². The van der Waals surface area contributed by atoms with Crippen molar-refractivity contribution in [3.8, 4) is 11.5 Å². The minimum Gasteiger partial charge on any atom is -0.497 e. The summed E-state index contributed by atoms with van der Waals surface area (Å²) in [6, 6.07) is 9.95. The molecule has 1 atom stereocenters. The minimum atomic E-state index is -3.84. The predicted molar refractivity (Wildman–Crippen MR) is 103 cm³/mol. The largest absolute Gasteiger partial charge is 0.497 e. The van der Waals surface area contributed by atoms with E-state index >= 15 is 0 Å². The van der Waals surface area contributed by atoms with Crippen LogP contribution in [0.5, 0.6) is 11.5 Å². The van der Waals surface area contributed by atoms with E-state index in [1.807, 2.05) is 0 Å². The molecule has 1 amide bonds. The van der Waals surface area contributed by atoms with E-state index in [0.29, 0.717) is 16.5 Å². The van der Waals surface area contributed by atoms with Crippen molar-refractivity contribution in [3.05, 3.63) is 53.1 Å². The molecule has 2 aromatic carbocycles. The van der Waals surface area contributed by atoms with Crippen LogP contribution >= 0.6 is 11.6 Å². The van der Waals surface area contributed by atoms with Crippen molar-refractivity contribution in [2.75, 3.05) is 14.2 Å². The summed E-state index contributed by atoms with van der Waals surface area (Å²) in [7, 11) is -0.770. The van der Waals surface area contributed by atoms with Gasteiger partial charge in [0.15, 0.2) is 0 Å². The molecule has 0 unspecified atom stereocenters. The number of rotatable bonds is 8. The fraction of sp³-hybridized carbons (Fsp3) is 0.278. The van der Waals surface area contributed by atoms with E-state index in [1.54, 1.807) is 18.2 Å². The summed E-state index contributed by atoms with van der Waals surface area (Å²) in [4.78, 5) is 12.3. The molecule has 0 saturated heterocycles. The molecule has 2 N–H and O–H groups in total. The lowest BCUT2D eigenvalue weighted by molar-refractivity contribution is -0.122. The number of hydrogen-bond donors (Lipinski definition) is 2. The molecule has 0 aliphatic heterocycles. The van der Waals surface area contributed by atoms with E-state index in [4.69, 9.17) is 21.1 Å². The molecule has 0 aliphatic rings. The molecule has 0 saturated carbocycles. The fourth-order valence-corrected chi connectivity index (χ4v) is 3.61. The van der Waals surface area contributed by atoms with Gasteiger partial charge in [0.1, 0.15) is 11.5 Å². The predicted octanol–water partition coefficient (Wildman–Crippen LogP) is 2.34. The first-order chi connectivity index (χ1) is 12.7. The molecular weight excluding hydrogens is 392 g/mol. The fourth-order valence-electron chi connectivity index (χ4n) is 2.28. The molecule has 0 fully saturated rings. The molecule has 0 aliphatic carbocycles. The van der Waals surface area contributed by atoms with E-state index in [0.717, 1.165) is 5.56 Å². The Bertz CT molecular complexity index is 878. The average Bonchev–Trinajstić information content (AvgIpc) is 2.65. The third-order valence-corrected chi connectivity index (χ3v) is 5.54. The second kappa shape index (κ2) is 9.07. The smallest absolute Gasteiger partial charge is 0.241 e. The number of benzene rings is 2. The van der Waals surface area contributed by atoms with E-state index in [9.17, 15) is 13.2 Å². The number of amides is 1. The maximum atomic E-state index is 12.3. The van der Waals surface area contributed by atoms with Gasteiger partial charge in [-0.3, -0.25) is 4.79 Å². The number of nitrogens with one attached hydrogen (secondary N) is 2. The average molecular weight is 413 g/mol. The highest BCUT2D eigenvalue weighted by molar-refractivity contribution is 7.89. The topological polar surface area (TPSA) is 93.7 Å². The van der Waals surface area contributed by atoms with Crippen LogP contribution in [0.3, 0.4) is 0 Å². The normalized spacial score (nSPS) is 12.3. The summed E-state index contributed by atoms with van der Waals surface area (Å²) >= 11 is 5.76. The van der Waals surface area contributed by atoms with Crippen LogP contribution in [0, 0.1) is 0 Å². The van der Waals surface area contributed by atoms with Crippen LogP contribution in [-0.2, 0) is 21.4 Å². The maximum absolute atomic E-state index is 12.3. The van der Waals surface area contributed by atoms with Crippen LogP contribution in [0.2, 0.25) is 5.02 Å². The third kappa shape index (κ3) is 5.85. The zero-order chi connectivity index (χ0) is 20.0. The summed E-state index contributed by atoms with van der Waals surface area (Å²) in [5, 5.41) is 3.11. The summed E-state index contributed by atoms with van der Waals surface area (Å²) in [6.45, 7) is 1.66. The molecule has 7 nitrogen and oxygen atoms in total. The lowest BCUT2D eigenvalue weighted by Crippen LogP contribution is -2.44. The van der Waals surface area contributed by atoms with Crippen LogP contribution < -0.4 is 19.5 Å². The van der Waals surface area contributed by atoms with Gasteiger partial charge < -0.3 is 14.8 Å². The SMILES string of the molecule is COc1cc(CNC(=O)[C@H](C)NS(=O)(=O)c2ccc(Cl)cc2)cc(OC)c1. The van der Waals surface area contributed by atoms with Crippen molar-refractivity contribution in [3.63, 3.8) is 0 Å². The number of sulfonamides is 1.